The van der Waals surface area contributed by atoms with E-state index in [4.69, 9.17) is 21.4 Å². The zero-order chi connectivity index (χ0) is 11.1. The highest BCUT2D eigenvalue weighted by atomic mass is 35.5. The molecule has 0 fully saturated rings. The molecule has 4 nitrogen and oxygen atoms in total. The molecule has 0 aliphatic heterocycles. The predicted octanol–water partition coefficient (Wildman–Crippen LogP) is 1.25. The van der Waals surface area contributed by atoms with Gasteiger partial charge in [-0.15, -0.1) is 0 Å². The molecule has 0 atom stereocenters. The summed E-state index contributed by atoms with van der Waals surface area (Å²) in [5.41, 5.74) is 0. The number of hydrogen-bond acceptors (Lipinski definition) is 4. The molecule has 0 amide bonds. The monoisotopic (exact) mass is 230 g/mol. The number of benzene rings is 1. The van der Waals surface area contributed by atoms with Gasteiger partial charge >= 0.3 is 5.97 Å². The molecule has 5 heteroatoms. The number of aliphatic hydroxyl groups excluding tert-OH is 1. The highest BCUT2D eigenvalue weighted by molar-refractivity contribution is 6.30. The Hall–Kier alpha value is -1.26. The first kappa shape index (κ1) is 11.8. The van der Waals surface area contributed by atoms with Gasteiger partial charge < -0.3 is 14.6 Å². The lowest BCUT2D eigenvalue weighted by Crippen LogP contribution is -2.16. The first-order chi connectivity index (χ1) is 7.22. The summed E-state index contributed by atoms with van der Waals surface area (Å²) in [7, 11) is 0. The summed E-state index contributed by atoms with van der Waals surface area (Å²) in [4.78, 5) is 11.0. The van der Waals surface area contributed by atoms with E-state index in [0.29, 0.717) is 10.8 Å². The number of esters is 1. The molecule has 1 aromatic carbocycles. The zero-order valence-corrected chi connectivity index (χ0v) is 8.74. The molecule has 1 N–H and O–H groups in total. The molecule has 0 unspecified atom stereocenters. The Bertz CT molecular complexity index is 310. The highest BCUT2D eigenvalue weighted by Crippen LogP contribution is 2.15. The van der Waals surface area contributed by atoms with Crippen LogP contribution in [0.5, 0.6) is 5.75 Å². The van der Waals surface area contributed by atoms with Gasteiger partial charge in [0, 0.05) is 5.02 Å². The van der Waals surface area contributed by atoms with Gasteiger partial charge in [-0.25, -0.2) is 4.79 Å². The average molecular weight is 231 g/mol. The van der Waals surface area contributed by atoms with Gasteiger partial charge in [0.2, 0.25) is 0 Å². The van der Waals surface area contributed by atoms with Crippen LogP contribution in [0.2, 0.25) is 5.02 Å². The first-order valence-electron chi connectivity index (χ1n) is 4.37. The highest BCUT2D eigenvalue weighted by Gasteiger charge is 2.03. The van der Waals surface area contributed by atoms with E-state index in [1.165, 1.54) is 0 Å². The van der Waals surface area contributed by atoms with Crippen LogP contribution in [0.25, 0.3) is 0 Å². The van der Waals surface area contributed by atoms with Crippen molar-refractivity contribution in [1.82, 2.24) is 0 Å². The summed E-state index contributed by atoms with van der Waals surface area (Å²) in [6.07, 6.45) is 0. The van der Waals surface area contributed by atoms with Crippen LogP contribution in [0, 0.1) is 0 Å². The van der Waals surface area contributed by atoms with Gasteiger partial charge in [0.05, 0.1) is 6.61 Å². The topological polar surface area (TPSA) is 55.8 Å². The molecule has 1 rings (SSSR count). The number of aliphatic hydroxyl groups is 1. The van der Waals surface area contributed by atoms with Crippen LogP contribution < -0.4 is 4.74 Å². The van der Waals surface area contributed by atoms with Crippen molar-refractivity contribution in [2.45, 2.75) is 0 Å². The standard InChI is InChI=1S/C10H11ClO4/c11-8-1-3-9(4-2-8)15-7-10(13)14-6-5-12/h1-4,12H,5-7H2. The summed E-state index contributed by atoms with van der Waals surface area (Å²) >= 11 is 5.67. The molecule has 0 saturated carbocycles. The molecule has 0 spiro atoms. The second kappa shape index (κ2) is 6.27. The molecule has 1 aromatic rings. The van der Waals surface area contributed by atoms with E-state index in [1.807, 2.05) is 0 Å². The van der Waals surface area contributed by atoms with Crippen LogP contribution >= 0.6 is 11.6 Å². The fraction of sp³-hybridized carbons (Fsp3) is 0.300. The molecule has 0 aliphatic rings. The van der Waals surface area contributed by atoms with Crippen LogP contribution in [-0.2, 0) is 9.53 Å². The Labute approximate surface area is 92.4 Å². The average Bonchev–Trinajstić information content (AvgIpc) is 2.25. The smallest absolute Gasteiger partial charge is 0.344 e. The normalized spacial score (nSPS) is 9.73. The van der Waals surface area contributed by atoms with E-state index in [2.05, 4.69) is 4.74 Å². The van der Waals surface area contributed by atoms with Gasteiger partial charge in [-0.1, -0.05) is 11.6 Å². The van der Waals surface area contributed by atoms with Crippen molar-refractivity contribution in [3.63, 3.8) is 0 Å². The molecule has 15 heavy (non-hydrogen) atoms. The molecule has 0 aliphatic carbocycles. The van der Waals surface area contributed by atoms with Gasteiger partial charge in [-0.05, 0) is 24.3 Å². The van der Waals surface area contributed by atoms with E-state index < -0.39 is 5.97 Å². The molecule has 0 radical (unpaired) electrons. The summed E-state index contributed by atoms with van der Waals surface area (Å²) in [5, 5.41) is 9.00. The minimum atomic E-state index is -0.515. The molecule has 0 aromatic heterocycles. The maximum Gasteiger partial charge on any atom is 0.344 e. The Kier molecular flexibility index (Phi) is 4.93. The number of rotatable bonds is 5. The third-order valence-electron chi connectivity index (χ3n) is 1.52. The minimum absolute atomic E-state index is 0.0111. The fourth-order valence-electron chi connectivity index (χ4n) is 0.874. The number of halogens is 1. The largest absolute Gasteiger partial charge is 0.482 e. The van der Waals surface area contributed by atoms with Gasteiger partial charge in [-0.2, -0.15) is 0 Å². The molecular formula is C10H11ClO4. The van der Waals surface area contributed by atoms with Crippen molar-refractivity contribution in [3.05, 3.63) is 29.3 Å². The summed E-state index contributed by atoms with van der Waals surface area (Å²) in [6.45, 7) is -0.378. The van der Waals surface area contributed by atoms with Crippen molar-refractivity contribution < 1.29 is 19.4 Å². The molecule has 0 saturated heterocycles. The lowest BCUT2D eigenvalue weighted by Gasteiger charge is -2.05. The second-order valence-corrected chi connectivity index (χ2v) is 3.12. The van der Waals surface area contributed by atoms with E-state index in [-0.39, 0.29) is 19.8 Å². The van der Waals surface area contributed by atoms with E-state index in [0.717, 1.165) is 0 Å². The maximum absolute atomic E-state index is 11.0. The quantitative estimate of drug-likeness (QED) is 0.774. The Balaban J connectivity index is 2.30. The van der Waals surface area contributed by atoms with Crippen molar-refractivity contribution in [2.75, 3.05) is 19.8 Å². The van der Waals surface area contributed by atoms with E-state index in [1.54, 1.807) is 24.3 Å². The van der Waals surface area contributed by atoms with E-state index in [9.17, 15) is 4.79 Å². The maximum atomic E-state index is 11.0. The minimum Gasteiger partial charge on any atom is -0.482 e. The Morgan fingerprint density at radius 1 is 1.33 bits per heavy atom. The Morgan fingerprint density at radius 3 is 2.60 bits per heavy atom. The summed E-state index contributed by atoms with van der Waals surface area (Å²) in [6, 6.07) is 6.63. The molecule has 0 heterocycles. The van der Waals surface area contributed by atoms with Crippen molar-refractivity contribution in [1.29, 1.82) is 0 Å². The lowest BCUT2D eigenvalue weighted by atomic mass is 10.3. The van der Waals surface area contributed by atoms with Gasteiger partial charge in [0.1, 0.15) is 12.4 Å². The van der Waals surface area contributed by atoms with Crippen LogP contribution in [0.3, 0.4) is 0 Å². The van der Waals surface area contributed by atoms with E-state index >= 15 is 0 Å². The third kappa shape index (κ3) is 4.67. The lowest BCUT2D eigenvalue weighted by molar-refractivity contribution is -0.146. The number of carbonyl (C=O) groups is 1. The number of carbonyl (C=O) groups excluding carboxylic acids is 1. The summed E-state index contributed by atoms with van der Waals surface area (Å²) in [5.74, 6) is 0.0272. The van der Waals surface area contributed by atoms with Crippen LogP contribution in [0.1, 0.15) is 0 Å². The van der Waals surface area contributed by atoms with Crippen LogP contribution in [-0.4, -0.2) is 30.9 Å². The molecular weight excluding hydrogens is 220 g/mol. The van der Waals surface area contributed by atoms with Gasteiger partial charge in [-0.3, -0.25) is 0 Å². The number of ether oxygens (including phenoxy) is 2. The van der Waals surface area contributed by atoms with Gasteiger partial charge in [0.25, 0.3) is 0 Å². The fourth-order valence-corrected chi connectivity index (χ4v) is 1.00. The Morgan fingerprint density at radius 2 is 2.00 bits per heavy atom. The van der Waals surface area contributed by atoms with Crippen molar-refractivity contribution in [3.8, 4) is 5.75 Å². The second-order valence-electron chi connectivity index (χ2n) is 2.69. The third-order valence-corrected chi connectivity index (χ3v) is 1.78. The molecule has 0 bridgehead atoms. The number of hydrogen-bond donors (Lipinski definition) is 1. The summed E-state index contributed by atoms with van der Waals surface area (Å²) < 4.78 is 9.70. The SMILES string of the molecule is O=C(COc1ccc(Cl)cc1)OCCO. The first-order valence-corrected chi connectivity index (χ1v) is 4.75. The predicted molar refractivity (Wildman–Crippen MR) is 55.0 cm³/mol. The van der Waals surface area contributed by atoms with Gasteiger partial charge in [0.15, 0.2) is 6.61 Å². The van der Waals surface area contributed by atoms with Crippen molar-refractivity contribution in [2.24, 2.45) is 0 Å². The van der Waals surface area contributed by atoms with Crippen LogP contribution in [0.4, 0.5) is 0 Å². The van der Waals surface area contributed by atoms with Crippen molar-refractivity contribution >= 4 is 17.6 Å². The molecule has 82 valence electrons. The van der Waals surface area contributed by atoms with Crippen LogP contribution in [0.15, 0.2) is 24.3 Å². The zero-order valence-electron chi connectivity index (χ0n) is 7.98.